The van der Waals surface area contributed by atoms with Crippen LogP contribution in [0.2, 0.25) is 0 Å². The topological polar surface area (TPSA) is 125 Å². The lowest BCUT2D eigenvalue weighted by Crippen LogP contribution is -2.48. The van der Waals surface area contributed by atoms with Gasteiger partial charge in [-0.05, 0) is 80.2 Å². The third-order valence-corrected chi connectivity index (χ3v) is 7.53. The lowest BCUT2D eigenvalue weighted by atomic mass is 9.70. The van der Waals surface area contributed by atoms with Crippen LogP contribution in [0, 0.1) is 0 Å². The summed E-state index contributed by atoms with van der Waals surface area (Å²) in [5.74, 6) is 0.987. The highest BCUT2D eigenvalue weighted by molar-refractivity contribution is 5.95. The van der Waals surface area contributed by atoms with E-state index in [1.165, 1.54) is 12.0 Å². The number of aromatic nitrogens is 4. The standard InChI is InChI=1S/C29H29N7O/c1-32-28(37)19-6-2-5-18(17-19)23-12-13-24-27(34-23)36(26(35-24)22-7-3-16-33-25(22)30)21-10-8-20(9-11-21)29(31)14-4-15-29/h2-3,5-8,10,12-13,16-17H,4,9,11,14-15,31H2,1H3,(H2,30,33)(H,32,37). The van der Waals surface area contributed by atoms with Crippen molar-refractivity contribution in [3.05, 3.63) is 78.0 Å². The number of nitrogens with two attached hydrogens (primary N) is 2. The van der Waals surface area contributed by atoms with Crippen molar-refractivity contribution in [2.24, 2.45) is 5.73 Å². The number of rotatable bonds is 5. The van der Waals surface area contributed by atoms with Gasteiger partial charge in [-0.25, -0.2) is 15.0 Å². The van der Waals surface area contributed by atoms with Crippen LogP contribution in [0.25, 0.3) is 39.5 Å². The first-order valence-corrected chi connectivity index (χ1v) is 12.6. The molecule has 3 heterocycles. The number of allylic oxidation sites excluding steroid dienone is 3. The molecule has 0 bridgehead atoms. The van der Waals surface area contributed by atoms with Gasteiger partial charge in [-0.3, -0.25) is 9.36 Å². The van der Waals surface area contributed by atoms with E-state index >= 15 is 0 Å². The van der Waals surface area contributed by atoms with Crippen LogP contribution in [0.5, 0.6) is 0 Å². The van der Waals surface area contributed by atoms with Crippen molar-refractivity contribution in [3.63, 3.8) is 0 Å². The zero-order valence-corrected chi connectivity index (χ0v) is 20.7. The van der Waals surface area contributed by atoms with Crippen LogP contribution in [-0.4, -0.2) is 38.0 Å². The van der Waals surface area contributed by atoms with E-state index in [9.17, 15) is 4.79 Å². The molecule has 6 rings (SSSR count). The average molecular weight is 492 g/mol. The first-order chi connectivity index (χ1) is 18.0. The Hall–Kier alpha value is -4.30. The smallest absolute Gasteiger partial charge is 0.251 e. The minimum absolute atomic E-state index is 0.138. The second-order valence-corrected chi connectivity index (χ2v) is 9.77. The SMILES string of the molecule is CNC(=O)c1cccc(-c2ccc3nc(-c4cccnc4N)n(C4=CC=C(C5(N)CCC5)CC4)c3n2)c1. The molecule has 5 N–H and O–H groups in total. The number of nitrogens with zero attached hydrogens (tertiary/aromatic N) is 4. The Morgan fingerprint density at radius 1 is 1.05 bits per heavy atom. The monoisotopic (exact) mass is 491 g/mol. The molecule has 2 aliphatic rings. The fraction of sp³-hybridized carbons (Fsp3) is 0.241. The predicted molar refractivity (Wildman–Crippen MR) is 146 cm³/mol. The third-order valence-electron chi connectivity index (χ3n) is 7.53. The Kier molecular flexibility index (Phi) is 5.61. The Balaban J connectivity index is 1.52. The van der Waals surface area contributed by atoms with Crippen LogP contribution in [-0.2, 0) is 0 Å². The Morgan fingerprint density at radius 3 is 2.62 bits per heavy atom. The van der Waals surface area contributed by atoms with Gasteiger partial charge in [-0.2, -0.15) is 0 Å². The van der Waals surface area contributed by atoms with Crippen LogP contribution in [0.15, 0.2) is 72.5 Å². The maximum Gasteiger partial charge on any atom is 0.251 e. The van der Waals surface area contributed by atoms with Crippen LogP contribution < -0.4 is 16.8 Å². The fourth-order valence-corrected chi connectivity index (χ4v) is 5.25. The van der Waals surface area contributed by atoms with E-state index in [-0.39, 0.29) is 11.4 Å². The van der Waals surface area contributed by atoms with E-state index < -0.39 is 0 Å². The second kappa shape index (κ2) is 8.97. The van der Waals surface area contributed by atoms with Crippen molar-refractivity contribution in [2.45, 2.75) is 37.6 Å². The number of carbonyl (C=O) groups is 1. The summed E-state index contributed by atoms with van der Waals surface area (Å²) in [5, 5.41) is 2.68. The molecule has 1 aromatic carbocycles. The number of imidazole rings is 1. The molecular weight excluding hydrogens is 462 g/mol. The molecule has 8 heteroatoms. The zero-order valence-electron chi connectivity index (χ0n) is 20.7. The highest BCUT2D eigenvalue weighted by Crippen LogP contribution is 2.41. The number of pyridine rings is 2. The fourth-order valence-electron chi connectivity index (χ4n) is 5.25. The summed E-state index contributed by atoms with van der Waals surface area (Å²) < 4.78 is 2.09. The Bertz CT molecular complexity index is 1590. The van der Waals surface area contributed by atoms with E-state index in [0.717, 1.165) is 59.4 Å². The molecule has 0 aliphatic heterocycles. The normalized spacial score (nSPS) is 16.6. The Labute approximate surface area is 215 Å². The van der Waals surface area contributed by atoms with E-state index in [0.29, 0.717) is 17.2 Å². The van der Waals surface area contributed by atoms with Gasteiger partial charge in [0.1, 0.15) is 17.2 Å². The molecule has 1 amide bonds. The number of carbonyl (C=O) groups excluding carboxylic acids is 1. The maximum atomic E-state index is 12.2. The van der Waals surface area contributed by atoms with Gasteiger partial charge in [0.25, 0.3) is 5.91 Å². The summed E-state index contributed by atoms with van der Waals surface area (Å²) in [6, 6.07) is 15.1. The van der Waals surface area contributed by atoms with Gasteiger partial charge >= 0.3 is 0 Å². The summed E-state index contributed by atoms with van der Waals surface area (Å²) in [5.41, 5.74) is 19.6. The van der Waals surface area contributed by atoms with E-state index in [4.69, 9.17) is 21.4 Å². The van der Waals surface area contributed by atoms with Crippen LogP contribution in [0.1, 0.15) is 42.5 Å². The van der Waals surface area contributed by atoms with Gasteiger partial charge in [0.05, 0.1) is 11.3 Å². The molecule has 8 nitrogen and oxygen atoms in total. The van der Waals surface area contributed by atoms with Crippen LogP contribution >= 0.6 is 0 Å². The van der Waals surface area contributed by atoms with Crippen molar-refractivity contribution in [3.8, 4) is 22.6 Å². The lowest BCUT2D eigenvalue weighted by molar-refractivity contribution is 0.0963. The number of nitrogen functional groups attached to an aromatic ring is 1. The number of amides is 1. The summed E-state index contributed by atoms with van der Waals surface area (Å²) in [4.78, 5) is 26.5. The lowest BCUT2D eigenvalue weighted by Gasteiger charge is -2.41. The van der Waals surface area contributed by atoms with Gasteiger partial charge in [-0.1, -0.05) is 18.2 Å². The largest absolute Gasteiger partial charge is 0.383 e. The van der Waals surface area contributed by atoms with Crippen molar-refractivity contribution in [1.29, 1.82) is 0 Å². The highest BCUT2D eigenvalue weighted by atomic mass is 16.1. The highest BCUT2D eigenvalue weighted by Gasteiger charge is 2.36. The molecule has 1 fully saturated rings. The average Bonchev–Trinajstić information content (AvgIpc) is 3.30. The molecular formula is C29H29N7O. The van der Waals surface area contributed by atoms with E-state index in [1.807, 2.05) is 42.5 Å². The predicted octanol–water partition coefficient (Wildman–Crippen LogP) is 4.54. The molecule has 0 saturated heterocycles. The molecule has 0 radical (unpaired) electrons. The van der Waals surface area contributed by atoms with Crippen molar-refractivity contribution in [1.82, 2.24) is 24.8 Å². The number of hydrogen-bond acceptors (Lipinski definition) is 6. The molecule has 1 saturated carbocycles. The van der Waals surface area contributed by atoms with Crippen molar-refractivity contribution < 1.29 is 4.79 Å². The molecule has 3 aromatic heterocycles. The molecule has 2 aliphatic carbocycles. The summed E-state index contributed by atoms with van der Waals surface area (Å²) in [6.07, 6.45) is 11.0. The number of fused-ring (bicyclic) bond motifs is 1. The first kappa shape index (κ1) is 23.1. The van der Waals surface area contributed by atoms with Gasteiger partial charge < -0.3 is 16.8 Å². The summed E-state index contributed by atoms with van der Waals surface area (Å²) in [6.45, 7) is 0. The second-order valence-electron chi connectivity index (χ2n) is 9.77. The van der Waals surface area contributed by atoms with Crippen LogP contribution in [0.4, 0.5) is 5.82 Å². The van der Waals surface area contributed by atoms with Crippen LogP contribution in [0.3, 0.4) is 0 Å². The quantitative estimate of drug-likeness (QED) is 0.376. The zero-order chi connectivity index (χ0) is 25.6. The molecule has 0 spiro atoms. The molecule has 37 heavy (non-hydrogen) atoms. The molecule has 4 aromatic rings. The molecule has 186 valence electrons. The van der Waals surface area contributed by atoms with Gasteiger partial charge in [0, 0.05) is 35.6 Å². The van der Waals surface area contributed by atoms with Gasteiger partial charge in [-0.15, -0.1) is 0 Å². The molecule has 0 atom stereocenters. The number of anilines is 1. The number of benzene rings is 1. The maximum absolute atomic E-state index is 12.2. The minimum atomic E-state index is -0.156. The van der Waals surface area contributed by atoms with E-state index in [1.54, 1.807) is 19.3 Å². The van der Waals surface area contributed by atoms with Crippen molar-refractivity contribution in [2.75, 3.05) is 12.8 Å². The minimum Gasteiger partial charge on any atom is -0.383 e. The summed E-state index contributed by atoms with van der Waals surface area (Å²) >= 11 is 0. The number of nitrogens with one attached hydrogen (secondary N) is 1. The third kappa shape index (κ3) is 3.99. The van der Waals surface area contributed by atoms with Crippen molar-refractivity contribution >= 4 is 28.6 Å². The van der Waals surface area contributed by atoms with E-state index in [2.05, 4.69) is 27.0 Å². The number of hydrogen-bond donors (Lipinski definition) is 3. The van der Waals surface area contributed by atoms with Gasteiger partial charge in [0.15, 0.2) is 5.65 Å². The Morgan fingerprint density at radius 2 is 1.92 bits per heavy atom. The summed E-state index contributed by atoms with van der Waals surface area (Å²) in [7, 11) is 1.62. The van der Waals surface area contributed by atoms with Gasteiger partial charge in [0.2, 0.25) is 0 Å². The molecule has 0 unspecified atom stereocenters. The first-order valence-electron chi connectivity index (χ1n) is 12.6.